The van der Waals surface area contributed by atoms with Crippen LogP contribution in [0.4, 0.5) is 0 Å². The third kappa shape index (κ3) is 3.60. The van der Waals surface area contributed by atoms with Gasteiger partial charge in [0.1, 0.15) is 0 Å². The highest BCUT2D eigenvalue weighted by Crippen LogP contribution is 2.22. The molecule has 0 spiro atoms. The lowest BCUT2D eigenvalue weighted by Crippen LogP contribution is -1.98. The van der Waals surface area contributed by atoms with Gasteiger partial charge in [-0.05, 0) is 30.2 Å². The van der Waals surface area contributed by atoms with Crippen LogP contribution in [0.2, 0.25) is 0 Å². The molecule has 120 valence electrons. The van der Waals surface area contributed by atoms with Crippen molar-refractivity contribution in [3.8, 4) is 11.1 Å². The van der Waals surface area contributed by atoms with Gasteiger partial charge in [-0.3, -0.25) is 0 Å². The topological polar surface area (TPSA) is 46.5 Å². The van der Waals surface area contributed by atoms with Crippen LogP contribution in [0.5, 0.6) is 0 Å². The van der Waals surface area contributed by atoms with Gasteiger partial charge < -0.3 is 0 Å². The van der Waals surface area contributed by atoms with Crippen LogP contribution in [0.1, 0.15) is 11.1 Å². The van der Waals surface area contributed by atoms with Crippen molar-refractivity contribution in [2.45, 2.75) is 11.8 Å². The van der Waals surface area contributed by atoms with Gasteiger partial charge in [-0.15, -0.1) is 0 Å². The van der Waals surface area contributed by atoms with Crippen LogP contribution in [0.15, 0.2) is 88.2 Å². The minimum atomic E-state index is -3.70. The molecular weight excluding hydrogens is 318 g/mol. The Morgan fingerprint density at radius 2 is 1.42 bits per heavy atom. The van der Waals surface area contributed by atoms with Gasteiger partial charge in [0.15, 0.2) is 0 Å². The lowest BCUT2D eigenvalue weighted by Gasteiger charge is -2.05. The first-order valence-corrected chi connectivity index (χ1v) is 9.02. The molecule has 3 aromatic carbocycles. The molecule has 3 nitrogen and oxygen atoms in total. The number of nitrogens with zero attached hydrogens (tertiary/aromatic N) is 1. The first-order chi connectivity index (χ1) is 11.6. The summed E-state index contributed by atoms with van der Waals surface area (Å²) in [4.78, 5) is 0.196. The second-order valence-corrected chi connectivity index (χ2v) is 7.11. The number of rotatable bonds is 4. The summed E-state index contributed by atoms with van der Waals surface area (Å²) in [5, 5.41) is 0. The van der Waals surface area contributed by atoms with Crippen molar-refractivity contribution in [3.05, 3.63) is 90.0 Å². The highest BCUT2D eigenvalue weighted by molar-refractivity contribution is 7.90. The van der Waals surface area contributed by atoms with Crippen LogP contribution in [0, 0.1) is 6.92 Å². The third-order valence-electron chi connectivity index (χ3n) is 3.69. The lowest BCUT2D eigenvalue weighted by atomic mass is 10.0. The Balaban J connectivity index is 1.97. The minimum Gasteiger partial charge on any atom is -0.199 e. The fourth-order valence-corrected chi connectivity index (χ4v) is 3.24. The van der Waals surface area contributed by atoms with Crippen LogP contribution >= 0.6 is 0 Å². The van der Waals surface area contributed by atoms with Gasteiger partial charge in [0.2, 0.25) is 0 Å². The number of sulfonamides is 1. The number of hydrogen-bond acceptors (Lipinski definition) is 2. The Kier molecular flexibility index (Phi) is 4.58. The largest absolute Gasteiger partial charge is 0.282 e. The van der Waals surface area contributed by atoms with Crippen LogP contribution in [-0.2, 0) is 10.0 Å². The monoisotopic (exact) mass is 335 g/mol. The standard InChI is InChI=1S/C20H17NO2S/c1-16-11-13-19(14-12-16)24(22,23)21-15-18-9-5-6-10-20(18)17-7-3-2-4-8-17/h2-15H,1H3/b21-15+. The van der Waals surface area contributed by atoms with E-state index >= 15 is 0 Å². The summed E-state index contributed by atoms with van der Waals surface area (Å²) in [5.74, 6) is 0. The molecule has 0 aliphatic carbocycles. The molecule has 24 heavy (non-hydrogen) atoms. The quantitative estimate of drug-likeness (QED) is 0.660. The van der Waals surface area contributed by atoms with Crippen molar-refractivity contribution in [2.75, 3.05) is 0 Å². The molecule has 0 bridgehead atoms. The maximum Gasteiger partial charge on any atom is 0.282 e. The highest BCUT2D eigenvalue weighted by Gasteiger charge is 2.11. The van der Waals surface area contributed by atoms with Crippen LogP contribution in [-0.4, -0.2) is 14.6 Å². The summed E-state index contributed by atoms with van der Waals surface area (Å²) >= 11 is 0. The zero-order valence-electron chi connectivity index (χ0n) is 13.3. The van der Waals surface area contributed by atoms with Gasteiger partial charge in [-0.25, -0.2) is 0 Å². The molecule has 0 radical (unpaired) electrons. The number of benzene rings is 3. The normalized spacial score (nSPS) is 11.7. The second kappa shape index (κ2) is 6.81. The van der Waals surface area contributed by atoms with E-state index in [1.54, 1.807) is 24.3 Å². The molecule has 3 aromatic rings. The maximum atomic E-state index is 12.4. The molecule has 0 saturated heterocycles. The molecule has 0 N–H and O–H groups in total. The molecule has 0 fully saturated rings. The average molecular weight is 335 g/mol. The molecule has 0 aliphatic rings. The Morgan fingerprint density at radius 3 is 2.12 bits per heavy atom. The Morgan fingerprint density at radius 1 is 0.792 bits per heavy atom. The van der Waals surface area contributed by atoms with Gasteiger partial charge in [0, 0.05) is 11.8 Å². The van der Waals surface area contributed by atoms with Gasteiger partial charge in [-0.2, -0.15) is 12.8 Å². The third-order valence-corrected chi connectivity index (χ3v) is 4.95. The van der Waals surface area contributed by atoms with Crippen molar-refractivity contribution in [2.24, 2.45) is 4.40 Å². The summed E-state index contributed by atoms with van der Waals surface area (Å²) in [7, 11) is -3.70. The van der Waals surface area contributed by atoms with Gasteiger partial charge in [0.05, 0.1) is 4.90 Å². The van der Waals surface area contributed by atoms with Crippen LogP contribution in [0.3, 0.4) is 0 Å². The fourth-order valence-electron chi connectivity index (χ4n) is 2.39. The van der Waals surface area contributed by atoms with E-state index in [1.807, 2.05) is 61.5 Å². The van der Waals surface area contributed by atoms with Crippen molar-refractivity contribution >= 4 is 16.2 Å². The Hall–Kier alpha value is -2.72. The van der Waals surface area contributed by atoms with Gasteiger partial charge in [0.25, 0.3) is 10.0 Å². The summed E-state index contributed by atoms with van der Waals surface area (Å²) in [5.41, 5.74) is 3.74. The molecular formula is C20H17NO2S. The SMILES string of the molecule is Cc1ccc(S(=O)(=O)/N=C/c2ccccc2-c2ccccc2)cc1. The first kappa shape index (κ1) is 16.1. The zero-order valence-corrected chi connectivity index (χ0v) is 14.1. The molecule has 4 heteroatoms. The molecule has 0 atom stereocenters. The molecule has 0 aliphatic heterocycles. The highest BCUT2D eigenvalue weighted by atomic mass is 32.2. The predicted molar refractivity (Wildman–Crippen MR) is 97.8 cm³/mol. The molecule has 0 unspecified atom stereocenters. The summed E-state index contributed by atoms with van der Waals surface area (Å²) < 4.78 is 28.6. The number of hydrogen-bond donors (Lipinski definition) is 0. The molecule has 0 aromatic heterocycles. The summed E-state index contributed by atoms with van der Waals surface area (Å²) in [6.07, 6.45) is 1.41. The zero-order chi connectivity index (χ0) is 17.0. The van der Waals surface area contributed by atoms with E-state index in [9.17, 15) is 8.42 Å². The molecule has 3 rings (SSSR count). The van der Waals surface area contributed by atoms with E-state index in [0.717, 1.165) is 22.3 Å². The van der Waals surface area contributed by atoms with E-state index in [1.165, 1.54) is 6.21 Å². The van der Waals surface area contributed by atoms with E-state index < -0.39 is 10.0 Å². The Bertz CT molecular complexity index is 960. The summed E-state index contributed by atoms with van der Waals surface area (Å²) in [6.45, 7) is 1.91. The van der Waals surface area contributed by atoms with Crippen molar-refractivity contribution in [3.63, 3.8) is 0 Å². The van der Waals surface area contributed by atoms with Gasteiger partial charge >= 0.3 is 0 Å². The number of aryl methyl sites for hydroxylation is 1. The second-order valence-electron chi connectivity index (χ2n) is 5.48. The molecule has 0 amide bonds. The van der Waals surface area contributed by atoms with Crippen LogP contribution < -0.4 is 0 Å². The fraction of sp³-hybridized carbons (Fsp3) is 0.0500. The summed E-state index contributed by atoms with van der Waals surface area (Å²) in [6, 6.07) is 24.1. The lowest BCUT2D eigenvalue weighted by molar-refractivity contribution is 0.598. The molecule has 0 heterocycles. The Labute approximate surface area is 142 Å². The average Bonchev–Trinajstić information content (AvgIpc) is 2.61. The van der Waals surface area contributed by atoms with Gasteiger partial charge in [-0.1, -0.05) is 72.3 Å². The maximum absolute atomic E-state index is 12.4. The minimum absolute atomic E-state index is 0.196. The van der Waals surface area contributed by atoms with E-state index in [0.29, 0.717) is 0 Å². The smallest absolute Gasteiger partial charge is 0.199 e. The van der Waals surface area contributed by atoms with E-state index in [-0.39, 0.29) is 4.90 Å². The predicted octanol–water partition coefficient (Wildman–Crippen LogP) is 4.47. The van der Waals surface area contributed by atoms with E-state index in [2.05, 4.69) is 4.40 Å². The van der Waals surface area contributed by atoms with Crippen LogP contribution in [0.25, 0.3) is 11.1 Å². The first-order valence-electron chi connectivity index (χ1n) is 7.58. The van der Waals surface area contributed by atoms with Crippen molar-refractivity contribution < 1.29 is 8.42 Å². The van der Waals surface area contributed by atoms with Crippen molar-refractivity contribution in [1.29, 1.82) is 0 Å². The van der Waals surface area contributed by atoms with E-state index in [4.69, 9.17) is 0 Å². The van der Waals surface area contributed by atoms with Crippen molar-refractivity contribution in [1.82, 2.24) is 0 Å². The molecule has 0 saturated carbocycles.